The summed E-state index contributed by atoms with van der Waals surface area (Å²) in [6.07, 6.45) is 6.94. The van der Waals surface area contributed by atoms with Crippen LogP contribution in [0.2, 0.25) is 0 Å². The van der Waals surface area contributed by atoms with Crippen LogP contribution in [0.3, 0.4) is 0 Å². The third-order valence-corrected chi connectivity index (χ3v) is 6.60. The normalized spacial score (nSPS) is 20.1. The molecule has 4 rings (SSSR count). The van der Waals surface area contributed by atoms with Gasteiger partial charge in [-0.05, 0) is 68.4 Å². The van der Waals surface area contributed by atoms with E-state index in [9.17, 15) is 4.79 Å². The first-order valence-corrected chi connectivity index (χ1v) is 12.1. The molecular weight excluding hydrogens is 400 g/mol. The van der Waals surface area contributed by atoms with Crippen molar-refractivity contribution in [3.8, 4) is 5.75 Å². The number of likely N-dealkylation sites (tertiary alicyclic amines) is 1. The molecule has 172 valence electrons. The van der Waals surface area contributed by atoms with Gasteiger partial charge in [-0.2, -0.15) is 0 Å². The van der Waals surface area contributed by atoms with Crippen molar-refractivity contribution in [1.82, 2.24) is 9.80 Å². The van der Waals surface area contributed by atoms with Crippen LogP contribution in [-0.4, -0.2) is 67.7 Å². The summed E-state index contributed by atoms with van der Waals surface area (Å²) in [7, 11) is 1.86. The van der Waals surface area contributed by atoms with Gasteiger partial charge in [-0.25, -0.2) is 0 Å². The highest BCUT2D eigenvalue weighted by molar-refractivity contribution is 5.94. The van der Waals surface area contributed by atoms with Crippen molar-refractivity contribution >= 4 is 5.91 Å². The Bertz CT molecular complexity index is 826. The highest BCUT2D eigenvalue weighted by Crippen LogP contribution is 2.21. The molecule has 2 heterocycles. The molecule has 5 nitrogen and oxygen atoms in total. The molecule has 2 aliphatic heterocycles. The van der Waals surface area contributed by atoms with Gasteiger partial charge < -0.3 is 19.3 Å². The highest BCUT2D eigenvalue weighted by Gasteiger charge is 2.22. The number of ether oxygens (including phenoxy) is 2. The first-order chi connectivity index (χ1) is 15.7. The zero-order chi connectivity index (χ0) is 22.2. The van der Waals surface area contributed by atoms with Crippen molar-refractivity contribution in [3.05, 3.63) is 65.7 Å². The lowest BCUT2D eigenvalue weighted by Gasteiger charge is -2.32. The second-order valence-electron chi connectivity index (χ2n) is 9.09. The molecule has 0 aromatic heterocycles. The number of amides is 1. The summed E-state index contributed by atoms with van der Waals surface area (Å²) >= 11 is 0. The van der Waals surface area contributed by atoms with E-state index in [4.69, 9.17) is 9.47 Å². The average molecular weight is 437 g/mol. The largest absolute Gasteiger partial charge is 0.490 e. The van der Waals surface area contributed by atoms with E-state index in [1.54, 1.807) is 4.90 Å². The van der Waals surface area contributed by atoms with Crippen LogP contribution in [0.1, 0.15) is 48.0 Å². The molecule has 1 atom stereocenters. The van der Waals surface area contributed by atoms with Crippen LogP contribution in [0, 0.1) is 0 Å². The van der Waals surface area contributed by atoms with Crippen molar-refractivity contribution in [2.45, 2.75) is 50.7 Å². The van der Waals surface area contributed by atoms with Crippen molar-refractivity contribution in [2.24, 2.45) is 0 Å². The Morgan fingerprint density at radius 1 is 1.03 bits per heavy atom. The van der Waals surface area contributed by atoms with Gasteiger partial charge in [0.05, 0.1) is 6.10 Å². The van der Waals surface area contributed by atoms with Gasteiger partial charge in [0, 0.05) is 45.4 Å². The molecule has 32 heavy (non-hydrogen) atoms. The molecule has 0 saturated carbocycles. The van der Waals surface area contributed by atoms with E-state index in [1.165, 1.54) is 12.0 Å². The van der Waals surface area contributed by atoms with Gasteiger partial charge in [0.25, 0.3) is 5.91 Å². The summed E-state index contributed by atoms with van der Waals surface area (Å²) in [5.74, 6) is 0.889. The summed E-state index contributed by atoms with van der Waals surface area (Å²) in [5, 5.41) is 0. The molecule has 2 aromatic rings. The van der Waals surface area contributed by atoms with Gasteiger partial charge in [0.2, 0.25) is 0 Å². The summed E-state index contributed by atoms with van der Waals surface area (Å²) in [4.78, 5) is 17.0. The molecule has 2 fully saturated rings. The second-order valence-corrected chi connectivity index (χ2v) is 9.09. The zero-order valence-electron chi connectivity index (χ0n) is 19.2. The van der Waals surface area contributed by atoms with Crippen LogP contribution in [0.15, 0.2) is 54.6 Å². The topological polar surface area (TPSA) is 42.0 Å². The van der Waals surface area contributed by atoms with Crippen molar-refractivity contribution < 1.29 is 14.3 Å². The molecule has 1 amide bonds. The quantitative estimate of drug-likeness (QED) is 0.615. The van der Waals surface area contributed by atoms with Crippen molar-refractivity contribution in [2.75, 3.05) is 39.8 Å². The molecule has 0 spiro atoms. The summed E-state index contributed by atoms with van der Waals surface area (Å²) < 4.78 is 12.0. The maximum Gasteiger partial charge on any atom is 0.253 e. The Kier molecular flexibility index (Phi) is 8.18. The Hall–Kier alpha value is -2.37. The predicted molar refractivity (Wildman–Crippen MR) is 127 cm³/mol. The molecule has 1 unspecified atom stereocenters. The van der Waals surface area contributed by atoms with E-state index in [0.29, 0.717) is 12.1 Å². The molecule has 2 saturated heterocycles. The number of nitrogens with zero attached hydrogens (tertiary/aromatic N) is 2. The molecule has 5 heteroatoms. The van der Waals surface area contributed by atoms with Crippen molar-refractivity contribution in [3.63, 3.8) is 0 Å². The molecule has 0 N–H and O–H groups in total. The first-order valence-electron chi connectivity index (χ1n) is 12.1. The van der Waals surface area contributed by atoms with Crippen LogP contribution in [0.4, 0.5) is 0 Å². The van der Waals surface area contributed by atoms with Gasteiger partial charge in [-0.1, -0.05) is 30.3 Å². The van der Waals surface area contributed by atoms with Gasteiger partial charge >= 0.3 is 0 Å². The Morgan fingerprint density at radius 2 is 1.78 bits per heavy atom. The van der Waals surface area contributed by atoms with Crippen LogP contribution >= 0.6 is 0 Å². The summed E-state index contributed by atoms with van der Waals surface area (Å²) in [6.45, 7) is 4.71. The minimum atomic E-state index is 0.0393. The second kappa shape index (κ2) is 11.5. The van der Waals surface area contributed by atoms with Crippen LogP contribution in [0.25, 0.3) is 0 Å². The molecule has 0 bridgehead atoms. The van der Waals surface area contributed by atoms with Gasteiger partial charge in [0.1, 0.15) is 11.9 Å². The Labute approximate surface area is 192 Å². The van der Waals surface area contributed by atoms with E-state index in [0.717, 1.165) is 64.1 Å². The molecular formula is C27H36N2O3. The third-order valence-electron chi connectivity index (χ3n) is 6.60. The van der Waals surface area contributed by atoms with Crippen molar-refractivity contribution in [1.29, 1.82) is 0 Å². The fraction of sp³-hybridized carbons (Fsp3) is 0.519. The van der Waals surface area contributed by atoms with E-state index in [-0.39, 0.29) is 18.1 Å². The molecule has 2 aromatic carbocycles. The summed E-state index contributed by atoms with van der Waals surface area (Å²) in [6, 6.07) is 18.3. The lowest BCUT2D eigenvalue weighted by atomic mass is 10.1. The minimum Gasteiger partial charge on any atom is -0.490 e. The van der Waals surface area contributed by atoms with Gasteiger partial charge in [-0.15, -0.1) is 0 Å². The van der Waals surface area contributed by atoms with Crippen LogP contribution < -0.4 is 4.74 Å². The lowest BCUT2D eigenvalue weighted by molar-refractivity contribution is -0.000189. The number of piperidine rings is 1. The minimum absolute atomic E-state index is 0.0393. The van der Waals surface area contributed by atoms with Gasteiger partial charge in [-0.3, -0.25) is 4.79 Å². The van der Waals surface area contributed by atoms with Gasteiger partial charge in [0.15, 0.2) is 0 Å². The number of hydrogen-bond acceptors (Lipinski definition) is 4. The van der Waals surface area contributed by atoms with E-state index in [1.807, 2.05) is 31.3 Å². The Morgan fingerprint density at radius 3 is 2.47 bits per heavy atom. The third kappa shape index (κ3) is 6.57. The van der Waals surface area contributed by atoms with E-state index in [2.05, 4.69) is 35.2 Å². The summed E-state index contributed by atoms with van der Waals surface area (Å²) in [5.41, 5.74) is 2.10. The number of rotatable bonds is 8. The van der Waals surface area contributed by atoms with Crippen LogP contribution in [0.5, 0.6) is 5.75 Å². The highest BCUT2D eigenvalue weighted by atomic mass is 16.5. The average Bonchev–Trinajstić information content (AvgIpc) is 2.85. The number of carbonyl (C=O) groups is 1. The number of likely N-dealkylation sites (N-methyl/N-ethyl adjacent to an activating group) is 1. The zero-order valence-corrected chi connectivity index (χ0v) is 19.2. The predicted octanol–water partition coefficient (Wildman–Crippen LogP) is 4.41. The Balaban J connectivity index is 1.19. The lowest BCUT2D eigenvalue weighted by Crippen LogP contribution is -2.39. The monoisotopic (exact) mass is 436 g/mol. The fourth-order valence-electron chi connectivity index (χ4n) is 4.61. The molecule has 0 radical (unpaired) electrons. The number of carbonyl (C=O) groups excluding carboxylic acids is 1. The smallest absolute Gasteiger partial charge is 0.253 e. The number of hydrogen-bond donors (Lipinski definition) is 0. The fourth-order valence-corrected chi connectivity index (χ4v) is 4.61. The maximum absolute atomic E-state index is 12.7. The SMILES string of the molecule is CN(CC1CCCCO1)C(=O)c1ccc(OC2CCN(CCc3ccccc3)CC2)cc1. The molecule has 2 aliphatic rings. The van der Waals surface area contributed by atoms with Crippen LogP contribution in [-0.2, 0) is 11.2 Å². The number of benzene rings is 2. The first kappa shape index (κ1) is 22.8. The maximum atomic E-state index is 12.7. The van der Waals surface area contributed by atoms with E-state index < -0.39 is 0 Å². The van der Waals surface area contributed by atoms with E-state index >= 15 is 0 Å². The molecule has 0 aliphatic carbocycles. The standard InChI is InChI=1S/C27H36N2O3/c1-28(21-26-9-5-6-20-31-26)27(30)23-10-12-24(13-11-23)32-25-15-18-29(19-16-25)17-14-22-7-3-2-4-8-22/h2-4,7-8,10-13,25-26H,5-6,9,14-21H2,1H3.